The molecule has 0 spiro atoms. The van der Waals surface area contributed by atoms with Gasteiger partial charge in [-0.15, -0.1) is 13.2 Å². The van der Waals surface area contributed by atoms with E-state index in [1.165, 1.54) is 26.0 Å². The molecule has 0 aliphatic rings. The number of hydrogen-bond donors (Lipinski definition) is 1. The van der Waals surface area contributed by atoms with Gasteiger partial charge in [-0.2, -0.15) is 0 Å². The van der Waals surface area contributed by atoms with Crippen LogP contribution < -0.4 is 4.74 Å². The molecular weight excluding hydrogens is 245 g/mol. The van der Waals surface area contributed by atoms with Crippen molar-refractivity contribution in [1.82, 2.24) is 0 Å². The lowest BCUT2D eigenvalue weighted by molar-refractivity contribution is -0.274. The number of alkyl halides is 3. The van der Waals surface area contributed by atoms with Crippen molar-refractivity contribution in [2.24, 2.45) is 0 Å². The molecule has 1 aromatic rings. The highest BCUT2D eigenvalue weighted by Gasteiger charge is 2.32. The van der Waals surface area contributed by atoms with Crippen LogP contribution in [-0.2, 0) is 5.60 Å². The van der Waals surface area contributed by atoms with Gasteiger partial charge in [-0.1, -0.05) is 17.7 Å². The van der Waals surface area contributed by atoms with Gasteiger partial charge in [-0.3, -0.25) is 0 Å². The number of ether oxygens (including phenoxy) is 1. The first-order chi connectivity index (χ1) is 7.09. The summed E-state index contributed by atoms with van der Waals surface area (Å²) in [5.74, 6) is -0.484. The minimum absolute atomic E-state index is 0.197. The van der Waals surface area contributed by atoms with Gasteiger partial charge >= 0.3 is 6.36 Å². The van der Waals surface area contributed by atoms with E-state index in [9.17, 15) is 18.3 Å². The molecule has 0 saturated carbocycles. The molecule has 0 aliphatic carbocycles. The smallest absolute Gasteiger partial charge is 0.404 e. The molecular formula is C10H10ClF3O2. The summed E-state index contributed by atoms with van der Waals surface area (Å²) in [5, 5.41) is 9.42. The summed E-state index contributed by atoms with van der Waals surface area (Å²) in [6.07, 6.45) is -4.78. The van der Waals surface area contributed by atoms with Crippen LogP contribution in [0.3, 0.4) is 0 Å². The van der Waals surface area contributed by atoms with E-state index in [1.807, 2.05) is 0 Å². The molecule has 0 atom stereocenters. The minimum atomic E-state index is -4.78. The van der Waals surface area contributed by atoms with Gasteiger partial charge < -0.3 is 9.84 Å². The Morgan fingerprint density at radius 2 is 1.81 bits per heavy atom. The molecule has 6 heteroatoms. The topological polar surface area (TPSA) is 29.5 Å². The monoisotopic (exact) mass is 254 g/mol. The third-order valence-electron chi connectivity index (χ3n) is 1.86. The van der Waals surface area contributed by atoms with Crippen molar-refractivity contribution in [3.05, 3.63) is 28.8 Å². The maximum absolute atomic E-state index is 11.9. The zero-order valence-electron chi connectivity index (χ0n) is 8.60. The standard InChI is InChI=1S/C10H10ClF3O2/c1-9(2,15)6-3-4-8(7(11)5-6)16-10(12,13)14/h3-5,15H,1-2H3. The van der Waals surface area contributed by atoms with Gasteiger partial charge in [0.15, 0.2) is 0 Å². The summed E-state index contributed by atoms with van der Waals surface area (Å²) in [6, 6.07) is 3.64. The first-order valence-electron chi connectivity index (χ1n) is 4.38. The van der Waals surface area contributed by atoms with E-state index in [2.05, 4.69) is 4.74 Å². The molecule has 1 aromatic carbocycles. The van der Waals surface area contributed by atoms with Gasteiger partial charge in [0.25, 0.3) is 0 Å². The van der Waals surface area contributed by atoms with Gasteiger partial charge in [0.2, 0.25) is 0 Å². The number of rotatable bonds is 2. The van der Waals surface area contributed by atoms with Crippen molar-refractivity contribution in [3.63, 3.8) is 0 Å². The average molecular weight is 255 g/mol. The molecule has 0 saturated heterocycles. The zero-order valence-corrected chi connectivity index (χ0v) is 9.36. The Hall–Kier alpha value is -0.940. The first-order valence-corrected chi connectivity index (χ1v) is 4.75. The molecule has 0 radical (unpaired) electrons. The van der Waals surface area contributed by atoms with E-state index in [0.29, 0.717) is 5.56 Å². The van der Waals surface area contributed by atoms with E-state index in [4.69, 9.17) is 11.6 Å². The quantitative estimate of drug-likeness (QED) is 0.876. The fraction of sp³-hybridized carbons (Fsp3) is 0.400. The van der Waals surface area contributed by atoms with Gasteiger partial charge in [0.05, 0.1) is 10.6 Å². The molecule has 0 bridgehead atoms. The Bertz CT molecular complexity index is 383. The van der Waals surface area contributed by atoms with Crippen LogP contribution in [0.2, 0.25) is 5.02 Å². The second-order valence-electron chi connectivity index (χ2n) is 3.75. The number of aliphatic hydroxyl groups is 1. The molecule has 0 fully saturated rings. The van der Waals surface area contributed by atoms with Crippen LogP contribution in [-0.4, -0.2) is 11.5 Å². The lowest BCUT2D eigenvalue weighted by Gasteiger charge is -2.19. The highest BCUT2D eigenvalue weighted by molar-refractivity contribution is 6.32. The second-order valence-corrected chi connectivity index (χ2v) is 4.16. The van der Waals surface area contributed by atoms with Crippen molar-refractivity contribution < 1.29 is 23.0 Å². The van der Waals surface area contributed by atoms with Crippen molar-refractivity contribution in [2.75, 3.05) is 0 Å². The van der Waals surface area contributed by atoms with Crippen LogP contribution in [0.5, 0.6) is 5.75 Å². The Labute approximate surface area is 95.6 Å². The lowest BCUT2D eigenvalue weighted by Crippen LogP contribution is -2.18. The van der Waals surface area contributed by atoms with Crippen LogP contribution in [0.1, 0.15) is 19.4 Å². The van der Waals surface area contributed by atoms with Crippen LogP contribution in [0.4, 0.5) is 13.2 Å². The van der Waals surface area contributed by atoms with E-state index in [1.54, 1.807) is 0 Å². The van der Waals surface area contributed by atoms with Gasteiger partial charge in [-0.25, -0.2) is 0 Å². The van der Waals surface area contributed by atoms with Crippen LogP contribution in [0, 0.1) is 0 Å². The molecule has 2 nitrogen and oxygen atoms in total. The molecule has 0 amide bonds. The van der Waals surface area contributed by atoms with E-state index < -0.39 is 17.7 Å². The SMILES string of the molecule is CC(C)(O)c1ccc(OC(F)(F)F)c(Cl)c1. The largest absolute Gasteiger partial charge is 0.573 e. The summed E-state index contributed by atoms with van der Waals surface area (Å²) in [5.41, 5.74) is -0.757. The van der Waals surface area contributed by atoms with Crippen molar-refractivity contribution in [2.45, 2.75) is 25.8 Å². The van der Waals surface area contributed by atoms with Crippen molar-refractivity contribution in [1.29, 1.82) is 0 Å². The first kappa shape index (κ1) is 13.1. The van der Waals surface area contributed by atoms with Crippen LogP contribution in [0.25, 0.3) is 0 Å². The summed E-state index contributed by atoms with van der Waals surface area (Å²) >= 11 is 5.61. The van der Waals surface area contributed by atoms with Gasteiger partial charge in [0.1, 0.15) is 5.75 Å². The summed E-state index contributed by atoms with van der Waals surface area (Å²) < 4.78 is 39.5. The molecule has 90 valence electrons. The fourth-order valence-electron chi connectivity index (χ4n) is 1.09. The summed E-state index contributed by atoms with van der Waals surface area (Å²) in [6.45, 7) is 3.01. The molecule has 1 rings (SSSR count). The average Bonchev–Trinajstić information content (AvgIpc) is 2.04. The summed E-state index contributed by atoms with van der Waals surface area (Å²) in [4.78, 5) is 0. The molecule has 0 heterocycles. The minimum Gasteiger partial charge on any atom is -0.404 e. The number of halogens is 4. The van der Waals surface area contributed by atoms with E-state index in [-0.39, 0.29) is 5.02 Å². The van der Waals surface area contributed by atoms with Crippen molar-refractivity contribution in [3.8, 4) is 5.75 Å². The molecule has 1 N–H and O–H groups in total. The van der Waals surface area contributed by atoms with Crippen LogP contribution in [0.15, 0.2) is 18.2 Å². The highest BCUT2D eigenvalue weighted by Crippen LogP contribution is 2.33. The normalized spacial score (nSPS) is 12.7. The van der Waals surface area contributed by atoms with Gasteiger partial charge in [0, 0.05) is 0 Å². The Balaban J connectivity index is 3.01. The highest BCUT2D eigenvalue weighted by atomic mass is 35.5. The predicted molar refractivity (Wildman–Crippen MR) is 53.4 cm³/mol. The Morgan fingerprint density at radius 1 is 1.25 bits per heavy atom. The number of hydrogen-bond acceptors (Lipinski definition) is 2. The maximum Gasteiger partial charge on any atom is 0.573 e. The van der Waals surface area contributed by atoms with Crippen LogP contribution >= 0.6 is 11.6 Å². The molecule has 16 heavy (non-hydrogen) atoms. The zero-order chi connectivity index (χ0) is 12.6. The molecule has 0 aromatic heterocycles. The lowest BCUT2D eigenvalue weighted by atomic mass is 9.98. The maximum atomic E-state index is 11.9. The van der Waals surface area contributed by atoms with E-state index in [0.717, 1.165) is 6.07 Å². The second kappa shape index (κ2) is 4.14. The van der Waals surface area contributed by atoms with E-state index >= 15 is 0 Å². The van der Waals surface area contributed by atoms with Crippen molar-refractivity contribution >= 4 is 11.6 Å². The third-order valence-corrected chi connectivity index (χ3v) is 2.16. The van der Waals surface area contributed by atoms with Gasteiger partial charge in [-0.05, 0) is 31.5 Å². The Morgan fingerprint density at radius 3 is 2.19 bits per heavy atom. The third kappa shape index (κ3) is 3.57. The Kier molecular flexibility index (Phi) is 3.40. The molecule has 0 unspecified atom stereocenters. The molecule has 0 aliphatic heterocycles. The summed E-state index contributed by atoms with van der Waals surface area (Å²) in [7, 11) is 0. The fourth-order valence-corrected chi connectivity index (χ4v) is 1.31. The predicted octanol–water partition coefficient (Wildman–Crippen LogP) is 3.47. The number of benzene rings is 1.